The van der Waals surface area contributed by atoms with Gasteiger partial charge in [-0.25, -0.2) is 8.42 Å². The van der Waals surface area contributed by atoms with Gasteiger partial charge in [0.25, 0.3) is 0 Å². The van der Waals surface area contributed by atoms with Gasteiger partial charge >= 0.3 is 0 Å². The Morgan fingerprint density at radius 1 is 1.22 bits per heavy atom. The van der Waals surface area contributed by atoms with Crippen LogP contribution in [0.3, 0.4) is 0 Å². The minimum atomic E-state index is -2.87. The second-order valence-corrected chi connectivity index (χ2v) is 9.68. The molecule has 0 atom stereocenters. The van der Waals surface area contributed by atoms with Crippen LogP contribution in [0.1, 0.15) is 52.9 Å². The topological polar surface area (TPSA) is 34.1 Å². The molecule has 0 radical (unpaired) electrons. The Labute approximate surface area is 117 Å². The van der Waals surface area contributed by atoms with Gasteiger partial charge in [-0.05, 0) is 48.9 Å². The molecule has 0 heterocycles. The maximum Gasteiger partial charge on any atom is 0.147 e. The molecule has 108 valence electrons. The Morgan fingerprint density at radius 3 is 2.06 bits per heavy atom. The first-order valence-corrected chi connectivity index (χ1v) is 9.41. The Morgan fingerprint density at radius 2 is 1.72 bits per heavy atom. The molecule has 2 nitrogen and oxygen atoms in total. The number of hydrogen-bond donors (Lipinski definition) is 0. The van der Waals surface area contributed by atoms with Crippen LogP contribution in [-0.4, -0.2) is 26.3 Å². The van der Waals surface area contributed by atoms with E-state index in [9.17, 15) is 8.42 Å². The van der Waals surface area contributed by atoms with Crippen molar-refractivity contribution in [1.82, 2.24) is 0 Å². The summed E-state index contributed by atoms with van der Waals surface area (Å²) in [4.78, 5) is 0. The zero-order valence-corrected chi connectivity index (χ0v) is 13.7. The molecule has 1 aliphatic rings. The van der Waals surface area contributed by atoms with E-state index in [4.69, 9.17) is 11.6 Å². The largest absolute Gasteiger partial charge is 0.229 e. The minimum Gasteiger partial charge on any atom is -0.229 e. The van der Waals surface area contributed by atoms with Crippen LogP contribution in [0.25, 0.3) is 0 Å². The second-order valence-electron chi connectivity index (χ2n) is 7.15. The van der Waals surface area contributed by atoms with Gasteiger partial charge in [-0.3, -0.25) is 0 Å². The van der Waals surface area contributed by atoms with Gasteiger partial charge in [-0.2, -0.15) is 0 Å². The van der Waals surface area contributed by atoms with Crippen LogP contribution in [0.4, 0.5) is 0 Å². The van der Waals surface area contributed by atoms with Gasteiger partial charge in [0.2, 0.25) is 0 Å². The number of hydrogen-bond acceptors (Lipinski definition) is 2. The molecular weight excluding hydrogens is 268 g/mol. The van der Waals surface area contributed by atoms with Crippen molar-refractivity contribution in [3.63, 3.8) is 0 Å². The van der Waals surface area contributed by atoms with E-state index in [1.54, 1.807) is 0 Å². The van der Waals surface area contributed by atoms with Crippen molar-refractivity contribution in [2.45, 2.75) is 52.9 Å². The van der Waals surface area contributed by atoms with Crippen LogP contribution < -0.4 is 0 Å². The summed E-state index contributed by atoms with van der Waals surface area (Å²) >= 11 is 6.13. The van der Waals surface area contributed by atoms with Crippen molar-refractivity contribution in [3.8, 4) is 0 Å². The van der Waals surface area contributed by atoms with Crippen LogP contribution in [0.2, 0.25) is 0 Å². The summed E-state index contributed by atoms with van der Waals surface area (Å²) in [6.07, 6.45) is 6.56. The van der Waals surface area contributed by atoms with Gasteiger partial charge < -0.3 is 0 Å². The number of alkyl halides is 1. The Bertz CT molecular complexity index is 360. The molecule has 18 heavy (non-hydrogen) atoms. The van der Waals surface area contributed by atoms with Crippen molar-refractivity contribution >= 4 is 21.4 Å². The van der Waals surface area contributed by atoms with Crippen molar-refractivity contribution in [1.29, 1.82) is 0 Å². The summed E-state index contributed by atoms with van der Waals surface area (Å²) in [6.45, 7) is 6.88. The maximum atomic E-state index is 11.3. The summed E-state index contributed by atoms with van der Waals surface area (Å²) in [5, 5.41) is 0. The van der Waals surface area contributed by atoms with Gasteiger partial charge in [0.05, 0.1) is 5.75 Å². The van der Waals surface area contributed by atoms with Crippen LogP contribution in [0.5, 0.6) is 0 Å². The van der Waals surface area contributed by atoms with Crippen LogP contribution >= 0.6 is 11.6 Å². The van der Waals surface area contributed by atoms with Gasteiger partial charge in [-0.1, -0.05) is 20.8 Å². The molecule has 0 aliphatic heterocycles. The third-order valence-electron chi connectivity index (χ3n) is 4.56. The highest BCUT2D eigenvalue weighted by molar-refractivity contribution is 7.90. The van der Waals surface area contributed by atoms with Crippen molar-refractivity contribution in [2.24, 2.45) is 16.7 Å². The van der Waals surface area contributed by atoms with E-state index in [-0.39, 0.29) is 11.2 Å². The highest BCUT2D eigenvalue weighted by atomic mass is 35.5. The lowest BCUT2D eigenvalue weighted by Crippen LogP contribution is -2.35. The molecule has 1 aliphatic carbocycles. The molecule has 0 aromatic carbocycles. The first-order chi connectivity index (χ1) is 8.08. The summed E-state index contributed by atoms with van der Waals surface area (Å²) in [6, 6.07) is 0. The predicted molar refractivity (Wildman–Crippen MR) is 78.9 cm³/mol. The predicted octanol–water partition coefficient (Wildman–Crippen LogP) is 3.88. The quantitative estimate of drug-likeness (QED) is 0.737. The number of sulfone groups is 1. The van der Waals surface area contributed by atoms with Crippen molar-refractivity contribution in [3.05, 3.63) is 0 Å². The fourth-order valence-corrected chi connectivity index (χ4v) is 4.15. The molecule has 0 unspecified atom stereocenters. The monoisotopic (exact) mass is 294 g/mol. The Kier molecular flexibility index (Phi) is 5.16. The average molecular weight is 295 g/mol. The molecular formula is C14H27ClO2S. The van der Waals surface area contributed by atoms with Crippen LogP contribution in [0.15, 0.2) is 0 Å². The summed E-state index contributed by atoms with van der Waals surface area (Å²) < 4.78 is 22.6. The SMILES string of the molecule is CC(C)(C)C1CCC(CCl)(CCS(C)(=O)=O)CC1. The van der Waals surface area contributed by atoms with E-state index in [1.165, 1.54) is 19.1 Å². The zero-order valence-electron chi connectivity index (χ0n) is 12.1. The molecule has 0 N–H and O–H groups in total. The highest BCUT2D eigenvalue weighted by Crippen LogP contribution is 2.47. The smallest absolute Gasteiger partial charge is 0.147 e. The first kappa shape index (κ1) is 16.3. The molecule has 0 bridgehead atoms. The molecule has 0 aromatic rings. The number of halogens is 1. The molecule has 1 fully saturated rings. The van der Waals surface area contributed by atoms with E-state index >= 15 is 0 Å². The van der Waals surface area contributed by atoms with Gasteiger partial charge in [0.1, 0.15) is 9.84 Å². The van der Waals surface area contributed by atoms with E-state index in [0.29, 0.717) is 11.3 Å². The van der Waals surface area contributed by atoms with Gasteiger partial charge in [0, 0.05) is 12.1 Å². The normalized spacial score (nSPS) is 30.4. The Balaban J connectivity index is 2.60. The van der Waals surface area contributed by atoms with Gasteiger partial charge in [-0.15, -0.1) is 11.6 Å². The molecule has 0 saturated heterocycles. The van der Waals surface area contributed by atoms with Crippen LogP contribution in [-0.2, 0) is 9.84 Å². The lowest BCUT2D eigenvalue weighted by molar-refractivity contribution is 0.0996. The molecule has 0 spiro atoms. The van der Waals surface area contributed by atoms with E-state index in [2.05, 4.69) is 20.8 Å². The molecule has 0 aromatic heterocycles. The fourth-order valence-electron chi connectivity index (χ4n) is 2.95. The molecule has 1 rings (SSSR count). The first-order valence-electron chi connectivity index (χ1n) is 6.82. The summed E-state index contributed by atoms with van der Waals surface area (Å²) in [5.74, 6) is 1.62. The standard InChI is InChI=1S/C14H27ClO2S/c1-13(2,3)12-5-7-14(11-15,8-6-12)9-10-18(4,16)17/h12H,5-11H2,1-4H3. The third kappa shape index (κ3) is 4.73. The lowest BCUT2D eigenvalue weighted by atomic mass is 9.64. The van der Waals surface area contributed by atoms with Crippen LogP contribution in [0, 0.1) is 16.7 Å². The zero-order chi connectivity index (χ0) is 14.0. The molecule has 1 saturated carbocycles. The molecule has 0 amide bonds. The lowest BCUT2D eigenvalue weighted by Gasteiger charge is -2.43. The third-order valence-corrected chi connectivity index (χ3v) is 6.07. The maximum absolute atomic E-state index is 11.3. The average Bonchev–Trinajstić information content (AvgIpc) is 2.25. The highest BCUT2D eigenvalue weighted by Gasteiger charge is 2.38. The van der Waals surface area contributed by atoms with E-state index in [0.717, 1.165) is 25.2 Å². The fraction of sp³-hybridized carbons (Fsp3) is 1.00. The summed E-state index contributed by atoms with van der Waals surface area (Å²) in [7, 11) is -2.87. The minimum absolute atomic E-state index is 0.0619. The van der Waals surface area contributed by atoms with E-state index in [1.807, 2.05) is 0 Å². The number of rotatable bonds is 4. The molecule has 4 heteroatoms. The Hall–Kier alpha value is 0.240. The summed E-state index contributed by atoms with van der Waals surface area (Å²) in [5.41, 5.74) is 0.418. The van der Waals surface area contributed by atoms with Crippen molar-refractivity contribution in [2.75, 3.05) is 17.9 Å². The van der Waals surface area contributed by atoms with E-state index < -0.39 is 9.84 Å². The van der Waals surface area contributed by atoms with Gasteiger partial charge in [0.15, 0.2) is 0 Å². The van der Waals surface area contributed by atoms with Crippen molar-refractivity contribution < 1.29 is 8.42 Å². The second kappa shape index (κ2) is 5.70.